The van der Waals surface area contributed by atoms with Crippen LogP contribution in [0, 0.1) is 13.8 Å². The number of Topliss-reactive ketones (excluding diaryl/α,β-unsaturated/α-hetero) is 1. The quantitative estimate of drug-likeness (QED) is 0.404. The van der Waals surface area contributed by atoms with Gasteiger partial charge in [0.15, 0.2) is 10.9 Å². The van der Waals surface area contributed by atoms with Crippen molar-refractivity contribution in [1.29, 1.82) is 0 Å². The van der Waals surface area contributed by atoms with Crippen LogP contribution in [-0.2, 0) is 6.42 Å². The number of hydrogen-bond donors (Lipinski definition) is 0. The molecule has 0 amide bonds. The zero-order valence-corrected chi connectivity index (χ0v) is 17.4. The Labute approximate surface area is 168 Å². The third kappa shape index (κ3) is 4.01. The van der Waals surface area contributed by atoms with Gasteiger partial charge in [-0.15, -0.1) is 21.5 Å². The van der Waals surface area contributed by atoms with Crippen molar-refractivity contribution < 1.29 is 4.79 Å². The maximum atomic E-state index is 12.9. The Morgan fingerprint density at radius 1 is 1.26 bits per heavy atom. The average Bonchev–Trinajstić information content (AvgIpc) is 3.21. The first-order valence-corrected chi connectivity index (χ1v) is 11.0. The molecule has 4 nitrogen and oxygen atoms in total. The van der Waals surface area contributed by atoms with Crippen LogP contribution in [0.15, 0.2) is 40.9 Å². The zero-order valence-electron chi connectivity index (χ0n) is 15.8. The first-order valence-electron chi connectivity index (χ1n) is 9.27. The molecule has 2 heterocycles. The molecule has 0 saturated heterocycles. The summed E-state index contributed by atoms with van der Waals surface area (Å²) in [6, 6.07) is 10.6. The third-order valence-electron chi connectivity index (χ3n) is 5.00. The lowest BCUT2D eigenvalue weighted by Gasteiger charge is -2.13. The van der Waals surface area contributed by atoms with E-state index in [1.165, 1.54) is 35.0 Å². The van der Waals surface area contributed by atoms with Crippen LogP contribution in [0.4, 0.5) is 0 Å². The summed E-state index contributed by atoms with van der Waals surface area (Å²) in [5, 5.41) is 11.7. The van der Waals surface area contributed by atoms with Crippen molar-refractivity contribution in [3.8, 4) is 0 Å². The number of benzene rings is 1. The summed E-state index contributed by atoms with van der Waals surface area (Å²) in [5.74, 6) is 1.15. The zero-order chi connectivity index (χ0) is 19.0. The Morgan fingerprint density at radius 3 is 2.74 bits per heavy atom. The minimum Gasteiger partial charge on any atom is -0.303 e. The van der Waals surface area contributed by atoms with E-state index < -0.39 is 0 Å². The Bertz CT molecular complexity index is 958. The second-order valence-corrected chi connectivity index (χ2v) is 9.52. The number of aromatic nitrogens is 3. The molecule has 0 bridgehead atoms. The fourth-order valence-corrected chi connectivity index (χ4v) is 4.83. The molecule has 0 spiro atoms. The summed E-state index contributed by atoms with van der Waals surface area (Å²) in [4.78, 5) is 14.2. The molecule has 1 aromatic carbocycles. The second kappa shape index (κ2) is 7.60. The number of rotatable bonds is 7. The van der Waals surface area contributed by atoms with Crippen molar-refractivity contribution in [2.45, 2.75) is 56.5 Å². The van der Waals surface area contributed by atoms with Crippen LogP contribution in [0.2, 0.25) is 0 Å². The van der Waals surface area contributed by atoms with Gasteiger partial charge in [0.1, 0.15) is 5.82 Å². The fraction of sp³-hybridized carbons (Fsp3) is 0.381. The number of nitrogens with zero attached hydrogens (tertiary/aromatic N) is 3. The van der Waals surface area contributed by atoms with E-state index in [-0.39, 0.29) is 11.0 Å². The number of hydrogen-bond acceptors (Lipinski definition) is 5. The Kier molecular flexibility index (Phi) is 5.19. The van der Waals surface area contributed by atoms with Gasteiger partial charge in [0.25, 0.3) is 0 Å². The molecule has 1 atom stereocenters. The van der Waals surface area contributed by atoms with Gasteiger partial charge in [0.2, 0.25) is 0 Å². The van der Waals surface area contributed by atoms with Crippen molar-refractivity contribution >= 4 is 28.9 Å². The molecule has 4 rings (SSSR count). The molecule has 1 aliphatic carbocycles. The first kappa shape index (κ1) is 18.4. The number of ketones is 1. The van der Waals surface area contributed by atoms with Crippen LogP contribution in [0.3, 0.4) is 0 Å². The summed E-state index contributed by atoms with van der Waals surface area (Å²) in [6.07, 6.45) is 3.15. The third-order valence-corrected chi connectivity index (χ3v) is 6.94. The van der Waals surface area contributed by atoms with Crippen molar-refractivity contribution in [3.63, 3.8) is 0 Å². The van der Waals surface area contributed by atoms with Gasteiger partial charge in [-0.2, -0.15) is 0 Å². The Morgan fingerprint density at radius 2 is 2.07 bits per heavy atom. The van der Waals surface area contributed by atoms with Crippen molar-refractivity contribution in [3.05, 3.63) is 63.1 Å². The van der Waals surface area contributed by atoms with Gasteiger partial charge >= 0.3 is 0 Å². The predicted molar refractivity (Wildman–Crippen MR) is 111 cm³/mol. The largest absolute Gasteiger partial charge is 0.303 e. The van der Waals surface area contributed by atoms with E-state index in [1.807, 2.05) is 32.0 Å². The van der Waals surface area contributed by atoms with E-state index in [0.29, 0.717) is 6.04 Å². The number of carbonyl (C=O) groups excluding carboxylic acids is 1. The number of aryl methyl sites for hydroxylation is 2. The molecule has 0 aliphatic heterocycles. The minimum atomic E-state index is -0.191. The predicted octanol–water partition coefficient (Wildman–Crippen LogP) is 5.25. The van der Waals surface area contributed by atoms with Crippen LogP contribution in [0.5, 0.6) is 0 Å². The van der Waals surface area contributed by atoms with E-state index in [0.717, 1.165) is 28.5 Å². The van der Waals surface area contributed by atoms with Crippen molar-refractivity contribution in [2.75, 3.05) is 0 Å². The highest BCUT2D eigenvalue weighted by Crippen LogP contribution is 2.40. The van der Waals surface area contributed by atoms with Crippen LogP contribution in [0.25, 0.3) is 0 Å². The van der Waals surface area contributed by atoms with Crippen molar-refractivity contribution in [1.82, 2.24) is 14.8 Å². The molecular weight excluding hydrogens is 374 g/mol. The Hall–Kier alpha value is -1.92. The molecular formula is C21H23N3OS2. The van der Waals surface area contributed by atoms with Crippen LogP contribution < -0.4 is 0 Å². The maximum Gasteiger partial charge on any atom is 0.192 e. The minimum absolute atomic E-state index is 0.147. The van der Waals surface area contributed by atoms with Gasteiger partial charge in [0.05, 0.1) is 5.25 Å². The highest BCUT2D eigenvalue weighted by atomic mass is 32.2. The molecule has 1 aliphatic rings. The van der Waals surface area contributed by atoms with Crippen LogP contribution in [-0.4, -0.2) is 25.8 Å². The summed E-state index contributed by atoms with van der Waals surface area (Å²) in [5.41, 5.74) is 3.13. The number of carbonyl (C=O) groups is 1. The molecule has 1 saturated carbocycles. The summed E-state index contributed by atoms with van der Waals surface area (Å²) < 4.78 is 2.26. The summed E-state index contributed by atoms with van der Waals surface area (Å²) in [6.45, 7) is 6.08. The normalized spacial score (nSPS) is 15.1. The van der Waals surface area contributed by atoms with Crippen LogP contribution in [0.1, 0.15) is 58.0 Å². The van der Waals surface area contributed by atoms with E-state index in [4.69, 9.17) is 0 Å². The SMILES string of the molecule is Cc1ccc(C(=O)[C@H](C)Sc2nnc(Cc3cccs3)n2C2CC2)cc1C. The molecule has 2 aromatic heterocycles. The van der Waals surface area contributed by atoms with Crippen molar-refractivity contribution in [2.24, 2.45) is 0 Å². The molecule has 1 fully saturated rings. The molecule has 0 N–H and O–H groups in total. The second-order valence-electron chi connectivity index (χ2n) is 7.18. The highest BCUT2D eigenvalue weighted by Gasteiger charge is 2.31. The molecule has 6 heteroatoms. The molecule has 27 heavy (non-hydrogen) atoms. The average molecular weight is 398 g/mol. The maximum absolute atomic E-state index is 12.9. The lowest BCUT2D eigenvalue weighted by Crippen LogP contribution is -2.15. The smallest absolute Gasteiger partial charge is 0.192 e. The van der Waals surface area contributed by atoms with Gasteiger partial charge in [-0.05, 0) is 62.3 Å². The van der Waals surface area contributed by atoms with E-state index >= 15 is 0 Å². The number of thioether (sulfide) groups is 1. The molecule has 3 aromatic rings. The Balaban J connectivity index is 1.54. The van der Waals surface area contributed by atoms with Gasteiger partial charge in [-0.25, -0.2) is 0 Å². The van der Waals surface area contributed by atoms with Gasteiger partial charge in [-0.1, -0.05) is 30.0 Å². The molecule has 140 valence electrons. The highest BCUT2D eigenvalue weighted by molar-refractivity contribution is 8.00. The van der Waals surface area contributed by atoms with Crippen LogP contribution >= 0.6 is 23.1 Å². The fourth-order valence-electron chi connectivity index (χ4n) is 3.12. The van der Waals surface area contributed by atoms with E-state index in [1.54, 1.807) is 11.3 Å². The van der Waals surface area contributed by atoms with Gasteiger partial charge in [0, 0.05) is 22.9 Å². The first-order chi connectivity index (χ1) is 13.0. The lowest BCUT2D eigenvalue weighted by atomic mass is 10.0. The standard InChI is InChI=1S/C21H23N3OS2/c1-13-6-7-16(11-14(13)2)20(25)15(3)27-21-23-22-19(24(21)17-8-9-17)12-18-5-4-10-26-18/h4-7,10-11,15,17H,8-9,12H2,1-3H3/t15-/m0/s1. The van der Waals surface area contributed by atoms with E-state index in [2.05, 4.69) is 39.2 Å². The summed E-state index contributed by atoms with van der Waals surface area (Å²) in [7, 11) is 0. The molecule has 0 unspecified atom stereocenters. The van der Waals surface area contributed by atoms with Gasteiger partial charge < -0.3 is 4.57 Å². The van der Waals surface area contributed by atoms with E-state index in [9.17, 15) is 4.79 Å². The topological polar surface area (TPSA) is 47.8 Å². The number of thiophene rings is 1. The summed E-state index contributed by atoms with van der Waals surface area (Å²) >= 11 is 3.27. The molecule has 0 radical (unpaired) electrons. The monoisotopic (exact) mass is 397 g/mol. The van der Waals surface area contributed by atoms with Gasteiger partial charge in [-0.3, -0.25) is 4.79 Å². The lowest BCUT2D eigenvalue weighted by molar-refractivity contribution is 0.0993.